The highest BCUT2D eigenvalue weighted by Crippen LogP contribution is 2.44. The van der Waals surface area contributed by atoms with E-state index in [1.807, 2.05) is 13.1 Å². The maximum atomic E-state index is 5.72. The minimum atomic E-state index is 0.600. The van der Waals surface area contributed by atoms with Crippen LogP contribution in [0.4, 0.5) is 5.95 Å². The highest BCUT2D eigenvalue weighted by atomic mass is 32.2. The molecule has 2 aromatic rings. The van der Waals surface area contributed by atoms with E-state index in [-0.39, 0.29) is 0 Å². The molecular formula is C12H14N4S2. The molecule has 18 heavy (non-hydrogen) atoms. The fourth-order valence-corrected chi connectivity index (χ4v) is 4.06. The molecule has 0 saturated carbocycles. The maximum absolute atomic E-state index is 5.72. The fraction of sp³-hybridized carbons (Fsp3) is 0.333. The van der Waals surface area contributed by atoms with Crippen molar-refractivity contribution in [2.24, 2.45) is 5.73 Å². The molecule has 3 N–H and O–H groups in total. The lowest BCUT2D eigenvalue weighted by molar-refractivity contribution is 1.05. The van der Waals surface area contributed by atoms with Gasteiger partial charge < -0.3 is 11.1 Å². The minimum absolute atomic E-state index is 0.600. The van der Waals surface area contributed by atoms with E-state index in [0.29, 0.717) is 12.5 Å². The Bertz CT molecular complexity index is 579. The number of fused-ring (bicyclic) bond motifs is 3. The van der Waals surface area contributed by atoms with Crippen LogP contribution in [-0.4, -0.2) is 16.5 Å². The van der Waals surface area contributed by atoms with Crippen LogP contribution in [-0.2, 0) is 12.3 Å². The third-order valence-electron chi connectivity index (χ3n) is 2.77. The second kappa shape index (κ2) is 4.87. The summed E-state index contributed by atoms with van der Waals surface area (Å²) in [6.45, 7) is 3.47. The molecule has 2 aromatic heterocycles. The average molecular weight is 278 g/mol. The van der Waals surface area contributed by atoms with Crippen molar-refractivity contribution in [1.82, 2.24) is 9.97 Å². The first-order valence-electron chi connectivity index (χ1n) is 5.87. The molecule has 94 valence electrons. The molecule has 3 rings (SSSR count). The lowest BCUT2D eigenvalue weighted by Gasteiger charge is -2.15. The first-order chi connectivity index (χ1) is 8.81. The third-order valence-corrected chi connectivity index (χ3v) is 5.15. The number of nitrogens with one attached hydrogen (secondary N) is 1. The Morgan fingerprint density at radius 2 is 2.39 bits per heavy atom. The second-order valence-electron chi connectivity index (χ2n) is 3.98. The van der Waals surface area contributed by atoms with Gasteiger partial charge in [-0.25, -0.2) is 9.97 Å². The minimum Gasteiger partial charge on any atom is -0.354 e. The van der Waals surface area contributed by atoms with Crippen LogP contribution in [0, 0.1) is 0 Å². The molecule has 1 aliphatic rings. The van der Waals surface area contributed by atoms with E-state index in [2.05, 4.69) is 21.4 Å². The van der Waals surface area contributed by atoms with Crippen molar-refractivity contribution in [3.05, 3.63) is 22.0 Å². The zero-order chi connectivity index (χ0) is 12.5. The Labute approximate surface area is 114 Å². The number of hydrogen-bond donors (Lipinski definition) is 2. The number of rotatable bonds is 3. The van der Waals surface area contributed by atoms with Gasteiger partial charge in [0.2, 0.25) is 5.95 Å². The van der Waals surface area contributed by atoms with Gasteiger partial charge in [-0.15, -0.1) is 23.1 Å². The Hall–Kier alpha value is -1.11. The van der Waals surface area contributed by atoms with Crippen molar-refractivity contribution in [2.45, 2.75) is 24.1 Å². The highest BCUT2D eigenvalue weighted by molar-refractivity contribution is 7.98. The van der Waals surface area contributed by atoms with Crippen molar-refractivity contribution < 1.29 is 0 Å². The average Bonchev–Trinajstić information content (AvgIpc) is 2.82. The fourth-order valence-electron chi connectivity index (χ4n) is 1.95. The molecule has 0 atom stereocenters. The molecule has 0 unspecified atom stereocenters. The summed E-state index contributed by atoms with van der Waals surface area (Å²) < 4.78 is 0. The summed E-state index contributed by atoms with van der Waals surface area (Å²) in [5, 5.41) is 3.16. The third kappa shape index (κ3) is 2.00. The first kappa shape index (κ1) is 12.0. The van der Waals surface area contributed by atoms with Gasteiger partial charge in [-0.05, 0) is 13.0 Å². The summed E-state index contributed by atoms with van der Waals surface area (Å²) >= 11 is 3.59. The summed E-state index contributed by atoms with van der Waals surface area (Å²) in [6, 6.07) is 2.17. The lowest BCUT2D eigenvalue weighted by atomic mass is 10.1. The molecule has 4 nitrogen and oxygen atoms in total. The van der Waals surface area contributed by atoms with Gasteiger partial charge in [-0.2, -0.15) is 0 Å². The predicted molar refractivity (Wildman–Crippen MR) is 77.0 cm³/mol. The van der Waals surface area contributed by atoms with E-state index in [1.165, 1.54) is 15.3 Å². The molecule has 0 aromatic carbocycles. The van der Waals surface area contributed by atoms with Crippen LogP contribution in [0.25, 0.3) is 11.3 Å². The number of anilines is 1. The summed E-state index contributed by atoms with van der Waals surface area (Å²) in [4.78, 5) is 12.7. The predicted octanol–water partition coefficient (Wildman–Crippen LogP) is 2.70. The summed E-state index contributed by atoms with van der Waals surface area (Å²) in [7, 11) is 0. The molecule has 3 heterocycles. The van der Waals surface area contributed by atoms with E-state index < -0.39 is 0 Å². The molecule has 1 aliphatic heterocycles. The number of nitrogens with zero attached hydrogens (tertiary/aromatic N) is 2. The second-order valence-corrected chi connectivity index (χ2v) is 6.22. The number of nitrogens with two attached hydrogens (primary N) is 1. The summed E-state index contributed by atoms with van der Waals surface area (Å²) in [5.74, 6) is 1.70. The topological polar surface area (TPSA) is 63.8 Å². The van der Waals surface area contributed by atoms with Crippen molar-refractivity contribution in [1.29, 1.82) is 0 Å². The van der Waals surface area contributed by atoms with E-state index in [1.54, 1.807) is 23.1 Å². The van der Waals surface area contributed by atoms with Gasteiger partial charge in [0.25, 0.3) is 0 Å². The standard InChI is InChI=1S/C12H14N4S2/c1-2-14-12-15-5-9-11(16-12)8-3-7(4-13)18-10(8)6-17-9/h3,5H,2,4,6,13H2,1H3,(H,14,15,16). The van der Waals surface area contributed by atoms with E-state index in [0.717, 1.165) is 22.9 Å². The normalized spacial score (nSPS) is 13.0. The van der Waals surface area contributed by atoms with Crippen LogP contribution in [0.1, 0.15) is 16.7 Å². The molecule has 0 spiro atoms. The quantitative estimate of drug-likeness (QED) is 0.904. The van der Waals surface area contributed by atoms with Crippen LogP contribution in [0.15, 0.2) is 17.2 Å². The molecule has 0 amide bonds. The van der Waals surface area contributed by atoms with Gasteiger partial charge >= 0.3 is 0 Å². The Balaban J connectivity index is 2.08. The number of aromatic nitrogens is 2. The lowest BCUT2D eigenvalue weighted by Crippen LogP contribution is -2.05. The van der Waals surface area contributed by atoms with Crippen molar-refractivity contribution in [3.8, 4) is 11.3 Å². The van der Waals surface area contributed by atoms with Crippen molar-refractivity contribution in [2.75, 3.05) is 11.9 Å². The van der Waals surface area contributed by atoms with Crippen LogP contribution in [0.2, 0.25) is 0 Å². The highest BCUT2D eigenvalue weighted by Gasteiger charge is 2.21. The van der Waals surface area contributed by atoms with Crippen LogP contribution in [0.5, 0.6) is 0 Å². The first-order valence-corrected chi connectivity index (χ1v) is 7.67. The summed E-state index contributed by atoms with van der Waals surface area (Å²) in [5.41, 5.74) is 7.99. The van der Waals surface area contributed by atoms with E-state index >= 15 is 0 Å². The molecule has 0 fully saturated rings. The van der Waals surface area contributed by atoms with Gasteiger partial charge in [0.1, 0.15) is 0 Å². The number of thioether (sulfide) groups is 1. The molecule has 0 radical (unpaired) electrons. The van der Waals surface area contributed by atoms with Gasteiger partial charge in [0.15, 0.2) is 0 Å². The SMILES string of the molecule is CCNc1ncc2c(n1)-c1cc(CN)sc1CS2. The molecule has 0 saturated heterocycles. The van der Waals surface area contributed by atoms with E-state index in [4.69, 9.17) is 5.73 Å². The van der Waals surface area contributed by atoms with Gasteiger partial charge in [-0.1, -0.05) is 0 Å². The monoisotopic (exact) mass is 278 g/mol. The maximum Gasteiger partial charge on any atom is 0.223 e. The van der Waals surface area contributed by atoms with Gasteiger partial charge in [0, 0.05) is 40.4 Å². The smallest absolute Gasteiger partial charge is 0.223 e. The largest absolute Gasteiger partial charge is 0.354 e. The van der Waals surface area contributed by atoms with Crippen molar-refractivity contribution in [3.63, 3.8) is 0 Å². The van der Waals surface area contributed by atoms with Crippen LogP contribution < -0.4 is 11.1 Å². The Morgan fingerprint density at radius 1 is 1.50 bits per heavy atom. The van der Waals surface area contributed by atoms with Crippen LogP contribution in [0.3, 0.4) is 0 Å². The number of thiophene rings is 1. The van der Waals surface area contributed by atoms with Crippen LogP contribution >= 0.6 is 23.1 Å². The zero-order valence-electron chi connectivity index (χ0n) is 10.1. The molecular weight excluding hydrogens is 264 g/mol. The Morgan fingerprint density at radius 3 is 3.17 bits per heavy atom. The van der Waals surface area contributed by atoms with Gasteiger partial charge in [-0.3, -0.25) is 0 Å². The molecule has 0 aliphatic carbocycles. The zero-order valence-corrected chi connectivity index (χ0v) is 11.7. The Kier molecular flexibility index (Phi) is 3.23. The van der Waals surface area contributed by atoms with Gasteiger partial charge in [0.05, 0.1) is 10.6 Å². The molecule has 0 bridgehead atoms. The van der Waals surface area contributed by atoms with Crippen molar-refractivity contribution >= 4 is 29.0 Å². The summed E-state index contributed by atoms with van der Waals surface area (Å²) in [6.07, 6.45) is 1.91. The molecule has 6 heteroatoms. The van der Waals surface area contributed by atoms with E-state index in [9.17, 15) is 0 Å². The number of hydrogen-bond acceptors (Lipinski definition) is 6.